The SMILES string of the molecule is CCN1CCN(C(=O)C2CCN(S(=O)(=O)N3CCOCC3)CC2)CC1. The molecule has 0 N–H and O–H groups in total. The van der Waals surface area contributed by atoms with Crippen molar-refractivity contribution in [3.05, 3.63) is 0 Å². The molecule has 1 amide bonds. The van der Waals surface area contributed by atoms with Gasteiger partial charge in [-0.2, -0.15) is 17.0 Å². The normalized spacial score (nSPS) is 26.0. The summed E-state index contributed by atoms with van der Waals surface area (Å²) in [6, 6.07) is 0. The van der Waals surface area contributed by atoms with Crippen molar-refractivity contribution in [3.8, 4) is 0 Å². The van der Waals surface area contributed by atoms with Crippen molar-refractivity contribution in [1.29, 1.82) is 0 Å². The van der Waals surface area contributed by atoms with Gasteiger partial charge in [-0.3, -0.25) is 4.79 Å². The van der Waals surface area contributed by atoms with Crippen molar-refractivity contribution in [1.82, 2.24) is 18.4 Å². The van der Waals surface area contributed by atoms with Gasteiger partial charge in [-0.15, -0.1) is 0 Å². The third kappa shape index (κ3) is 4.33. The molecule has 0 atom stereocenters. The summed E-state index contributed by atoms with van der Waals surface area (Å²) in [6.45, 7) is 9.25. The second kappa shape index (κ2) is 8.30. The lowest BCUT2D eigenvalue weighted by Gasteiger charge is -2.39. The highest BCUT2D eigenvalue weighted by Gasteiger charge is 2.36. The summed E-state index contributed by atoms with van der Waals surface area (Å²) in [5.74, 6) is 0.170. The van der Waals surface area contributed by atoms with Gasteiger partial charge in [0.1, 0.15) is 0 Å². The molecule has 3 fully saturated rings. The van der Waals surface area contributed by atoms with Gasteiger partial charge >= 0.3 is 0 Å². The summed E-state index contributed by atoms with van der Waals surface area (Å²) in [4.78, 5) is 17.0. The fourth-order valence-electron chi connectivity index (χ4n) is 3.82. The summed E-state index contributed by atoms with van der Waals surface area (Å²) in [5.41, 5.74) is 0. The number of rotatable bonds is 4. The molecule has 3 rings (SSSR count). The Morgan fingerprint density at radius 2 is 1.48 bits per heavy atom. The number of amides is 1. The number of piperidine rings is 1. The first-order valence-electron chi connectivity index (χ1n) is 9.36. The first-order chi connectivity index (χ1) is 12.0. The lowest BCUT2D eigenvalue weighted by Crippen LogP contribution is -2.53. The van der Waals surface area contributed by atoms with E-state index in [1.54, 1.807) is 0 Å². The Balaban J connectivity index is 1.50. The van der Waals surface area contributed by atoms with Gasteiger partial charge in [0.2, 0.25) is 5.91 Å². The van der Waals surface area contributed by atoms with Crippen LogP contribution in [-0.2, 0) is 19.7 Å². The number of carbonyl (C=O) groups is 1. The van der Waals surface area contributed by atoms with Crippen LogP contribution in [-0.4, -0.2) is 105 Å². The Morgan fingerprint density at radius 3 is 2.04 bits per heavy atom. The zero-order chi connectivity index (χ0) is 17.9. The summed E-state index contributed by atoms with van der Waals surface area (Å²) < 4.78 is 33.6. The van der Waals surface area contributed by atoms with E-state index in [2.05, 4.69) is 11.8 Å². The van der Waals surface area contributed by atoms with E-state index in [0.29, 0.717) is 52.2 Å². The molecule has 3 saturated heterocycles. The third-order valence-corrected chi connectivity index (χ3v) is 7.59. The molecule has 3 heterocycles. The van der Waals surface area contributed by atoms with Gasteiger partial charge < -0.3 is 14.5 Å². The number of hydrogen-bond acceptors (Lipinski definition) is 5. The molecule has 0 aromatic carbocycles. The topological polar surface area (TPSA) is 73.4 Å². The Hall–Kier alpha value is -0.740. The van der Waals surface area contributed by atoms with Crippen molar-refractivity contribution < 1.29 is 17.9 Å². The Morgan fingerprint density at radius 1 is 0.920 bits per heavy atom. The van der Waals surface area contributed by atoms with E-state index >= 15 is 0 Å². The highest BCUT2D eigenvalue weighted by molar-refractivity contribution is 7.86. The molecule has 8 nitrogen and oxygen atoms in total. The average molecular weight is 375 g/mol. The van der Waals surface area contributed by atoms with Crippen molar-refractivity contribution >= 4 is 16.1 Å². The molecule has 0 spiro atoms. The van der Waals surface area contributed by atoms with Gasteiger partial charge in [0.25, 0.3) is 10.2 Å². The van der Waals surface area contributed by atoms with E-state index in [0.717, 1.165) is 32.7 Å². The first kappa shape index (κ1) is 19.0. The van der Waals surface area contributed by atoms with Gasteiger partial charge in [-0.05, 0) is 19.4 Å². The molecule has 0 aliphatic carbocycles. The highest BCUT2D eigenvalue weighted by Crippen LogP contribution is 2.24. The smallest absolute Gasteiger partial charge is 0.282 e. The minimum absolute atomic E-state index is 0.0377. The Bertz CT molecular complexity index is 548. The maximum Gasteiger partial charge on any atom is 0.282 e. The van der Waals surface area contributed by atoms with Crippen LogP contribution in [0.4, 0.5) is 0 Å². The van der Waals surface area contributed by atoms with Crippen LogP contribution in [0.25, 0.3) is 0 Å². The summed E-state index contributed by atoms with van der Waals surface area (Å²) in [5, 5.41) is 0. The zero-order valence-corrected chi connectivity index (χ0v) is 15.9. The van der Waals surface area contributed by atoms with Gasteiger partial charge in [0.05, 0.1) is 13.2 Å². The van der Waals surface area contributed by atoms with E-state index in [4.69, 9.17) is 4.74 Å². The Kier molecular flexibility index (Phi) is 6.32. The maximum absolute atomic E-state index is 12.7. The molecule has 25 heavy (non-hydrogen) atoms. The third-order valence-electron chi connectivity index (χ3n) is 5.56. The molecule has 0 unspecified atom stereocenters. The molecular weight excluding hydrogens is 344 g/mol. The van der Waals surface area contributed by atoms with E-state index in [1.165, 1.54) is 8.61 Å². The second-order valence-corrected chi connectivity index (χ2v) is 8.88. The van der Waals surface area contributed by atoms with Crippen LogP contribution in [0.2, 0.25) is 0 Å². The minimum Gasteiger partial charge on any atom is -0.379 e. The fraction of sp³-hybridized carbons (Fsp3) is 0.938. The Labute approximate surface area is 150 Å². The lowest BCUT2D eigenvalue weighted by molar-refractivity contribution is -0.138. The minimum atomic E-state index is -3.41. The van der Waals surface area contributed by atoms with Gasteiger partial charge in [0, 0.05) is 58.3 Å². The fourth-order valence-corrected chi connectivity index (χ4v) is 5.43. The summed E-state index contributed by atoms with van der Waals surface area (Å²) >= 11 is 0. The lowest BCUT2D eigenvalue weighted by atomic mass is 9.96. The van der Waals surface area contributed by atoms with Gasteiger partial charge in [-0.25, -0.2) is 0 Å². The molecule has 3 aliphatic rings. The molecule has 0 aromatic rings. The number of morpholine rings is 1. The maximum atomic E-state index is 12.7. The second-order valence-electron chi connectivity index (χ2n) is 6.95. The largest absolute Gasteiger partial charge is 0.379 e. The van der Waals surface area contributed by atoms with E-state index < -0.39 is 10.2 Å². The monoisotopic (exact) mass is 374 g/mol. The molecule has 144 valence electrons. The number of ether oxygens (including phenoxy) is 1. The van der Waals surface area contributed by atoms with Gasteiger partial charge in [-0.1, -0.05) is 6.92 Å². The molecule has 0 radical (unpaired) electrons. The van der Waals surface area contributed by atoms with Crippen LogP contribution in [0.1, 0.15) is 19.8 Å². The molecule has 3 aliphatic heterocycles. The van der Waals surface area contributed by atoms with Crippen LogP contribution in [0.5, 0.6) is 0 Å². The number of likely N-dealkylation sites (N-methyl/N-ethyl adjacent to an activating group) is 1. The summed E-state index contributed by atoms with van der Waals surface area (Å²) in [7, 11) is -3.41. The number of hydrogen-bond donors (Lipinski definition) is 0. The molecule has 0 aromatic heterocycles. The molecular formula is C16H30N4O4S. The number of nitrogens with zero attached hydrogens (tertiary/aromatic N) is 4. The van der Waals surface area contributed by atoms with Crippen LogP contribution < -0.4 is 0 Å². The molecule has 0 saturated carbocycles. The number of carbonyl (C=O) groups excluding carboxylic acids is 1. The van der Waals surface area contributed by atoms with E-state index in [1.807, 2.05) is 4.90 Å². The molecule has 9 heteroatoms. The zero-order valence-electron chi connectivity index (χ0n) is 15.1. The van der Waals surface area contributed by atoms with Crippen LogP contribution >= 0.6 is 0 Å². The van der Waals surface area contributed by atoms with Crippen LogP contribution in [0.3, 0.4) is 0 Å². The standard InChI is InChI=1S/C16H30N4O4S/c1-2-17-7-9-18(10-8-17)16(21)15-3-5-19(6-4-15)25(22,23)20-11-13-24-14-12-20/h15H,2-14H2,1H3. The number of piperazine rings is 1. The van der Waals surface area contributed by atoms with Crippen molar-refractivity contribution in [2.24, 2.45) is 5.92 Å². The average Bonchev–Trinajstić information content (AvgIpc) is 2.68. The van der Waals surface area contributed by atoms with Crippen molar-refractivity contribution in [2.45, 2.75) is 19.8 Å². The van der Waals surface area contributed by atoms with E-state index in [-0.39, 0.29) is 11.8 Å². The van der Waals surface area contributed by atoms with Crippen LogP contribution in [0, 0.1) is 5.92 Å². The predicted molar refractivity (Wildman–Crippen MR) is 94.3 cm³/mol. The predicted octanol–water partition coefficient (Wildman–Crippen LogP) is -0.560. The van der Waals surface area contributed by atoms with Gasteiger partial charge in [0.15, 0.2) is 0 Å². The summed E-state index contributed by atoms with van der Waals surface area (Å²) in [6.07, 6.45) is 1.24. The quantitative estimate of drug-likeness (QED) is 0.660. The van der Waals surface area contributed by atoms with Crippen molar-refractivity contribution in [3.63, 3.8) is 0 Å². The molecule has 0 bridgehead atoms. The van der Waals surface area contributed by atoms with Crippen molar-refractivity contribution in [2.75, 3.05) is 72.1 Å². The van der Waals surface area contributed by atoms with E-state index in [9.17, 15) is 13.2 Å². The van der Waals surface area contributed by atoms with Crippen LogP contribution in [0.15, 0.2) is 0 Å². The first-order valence-corrected chi connectivity index (χ1v) is 10.8. The highest BCUT2D eigenvalue weighted by atomic mass is 32.2.